The highest BCUT2D eigenvalue weighted by Gasteiger charge is 2.51. The van der Waals surface area contributed by atoms with Crippen molar-refractivity contribution in [3.05, 3.63) is 12.2 Å². The molecule has 0 aromatic rings. The lowest BCUT2D eigenvalue weighted by Crippen LogP contribution is -2.65. The molecule has 14 nitrogen and oxygen atoms in total. The number of nitrogens with one attached hydrogen (secondary N) is 1. The van der Waals surface area contributed by atoms with Crippen molar-refractivity contribution in [1.29, 1.82) is 0 Å². The minimum Gasteiger partial charge on any atom is -0.394 e. The van der Waals surface area contributed by atoms with E-state index in [2.05, 4.69) is 19.2 Å². The van der Waals surface area contributed by atoms with Gasteiger partial charge in [0.1, 0.15) is 48.8 Å². The molecule has 0 aromatic carbocycles. The van der Waals surface area contributed by atoms with Crippen molar-refractivity contribution in [1.82, 2.24) is 5.32 Å². The highest BCUT2D eigenvalue weighted by molar-refractivity contribution is 5.76. The third kappa shape index (κ3) is 50.7. The monoisotopic (exact) mass is 1380 g/mol. The number of hydrogen-bond donors (Lipinski definition) is 9. The fourth-order valence-corrected chi connectivity index (χ4v) is 14.5. The number of ether oxygens (including phenoxy) is 4. The van der Waals surface area contributed by atoms with Gasteiger partial charge < -0.3 is 65.1 Å². The second-order valence-electron chi connectivity index (χ2n) is 30.3. The summed E-state index contributed by atoms with van der Waals surface area (Å²) in [7, 11) is 0. The van der Waals surface area contributed by atoms with Gasteiger partial charge in [-0.05, 0) is 19.3 Å². The number of allylic oxidation sites excluding steroid dienone is 1. The maximum Gasteiger partial charge on any atom is 0.220 e. The molecule has 9 N–H and O–H groups in total. The Hall–Kier alpha value is -1.27. The van der Waals surface area contributed by atoms with Crippen molar-refractivity contribution < 1.29 is 64.6 Å². The average molecular weight is 1380 g/mol. The van der Waals surface area contributed by atoms with Crippen LogP contribution >= 0.6 is 0 Å². The number of unbranched alkanes of at least 4 members (excludes halogenated alkanes) is 60. The number of aliphatic hydroxyl groups is 8. The minimum absolute atomic E-state index is 0.228. The van der Waals surface area contributed by atoms with Gasteiger partial charge in [0, 0.05) is 6.42 Å². The number of hydrogen-bond acceptors (Lipinski definition) is 13. The van der Waals surface area contributed by atoms with Crippen LogP contribution in [0.4, 0.5) is 0 Å². The van der Waals surface area contributed by atoms with Crippen LogP contribution in [-0.4, -0.2) is 140 Å². The van der Waals surface area contributed by atoms with E-state index in [4.69, 9.17) is 18.9 Å². The van der Waals surface area contributed by atoms with E-state index in [9.17, 15) is 45.6 Å². The van der Waals surface area contributed by atoms with Crippen molar-refractivity contribution in [2.75, 3.05) is 19.8 Å². The van der Waals surface area contributed by atoms with Crippen LogP contribution in [0.3, 0.4) is 0 Å². The Morgan fingerprint density at radius 3 is 0.948 bits per heavy atom. The van der Waals surface area contributed by atoms with Crippen molar-refractivity contribution in [2.45, 2.75) is 492 Å². The van der Waals surface area contributed by atoms with Gasteiger partial charge in [-0.2, -0.15) is 0 Å². The molecule has 2 fully saturated rings. The number of amides is 1. The lowest BCUT2D eigenvalue weighted by atomic mass is 9.97. The molecule has 0 aliphatic carbocycles. The van der Waals surface area contributed by atoms with Gasteiger partial charge in [-0.25, -0.2) is 0 Å². The maximum atomic E-state index is 13.4. The molecule has 97 heavy (non-hydrogen) atoms. The van der Waals surface area contributed by atoms with E-state index in [1.165, 1.54) is 353 Å². The Labute approximate surface area is 596 Å². The first-order valence-corrected chi connectivity index (χ1v) is 42.4. The van der Waals surface area contributed by atoms with Gasteiger partial charge in [0.15, 0.2) is 12.6 Å². The summed E-state index contributed by atoms with van der Waals surface area (Å²) in [6.07, 6.45) is 70.4. The van der Waals surface area contributed by atoms with Crippen LogP contribution in [0.2, 0.25) is 0 Å². The number of rotatable bonds is 73. The van der Waals surface area contributed by atoms with Crippen molar-refractivity contribution in [3.63, 3.8) is 0 Å². The molecule has 14 heteroatoms. The molecule has 0 radical (unpaired) electrons. The second-order valence-corrected chi connectivity index (χ2v) is 30.3. The van der Waals surface area contributed by atoms with E-state index < -0.39 is 86.8 Å². The predicted molar refractivity (Wildman–Crippen MR) is 402 cm³/mol. The zero-order valence-corrected chi connectivity index (χ0v) is 63.4. The molecule has 2 saturated heterocycles. The topological polar surface area (TPSA) is 228 Å². The van der Waals surface area contributed by atoms with Crippen molar-refractivity contribution in [3.8, 4) is 0 Å². The summed E-state index contributed by atoms with van der Waals surface area (Å²) in [6, 6.07) is -0.913. The van der Waals surface area contributed by atoms with Gasteiger partial charge in [-0.3, -0.25) is 4.79 Å². The van der Waals surface area contributed by atoms with Gasteiger partial charge >= 0.3 is 0 Å². The third-order valence-corrected chi connectivity index (χ3v) is 21.2. The summed E-state index contributed by atoms with van der Waals surface area (Å²) in [5, 5.41) is 87.7. The molecule has 0 spiro atoms. The number of carbonyl (C=O) groups is 1. The molecule has 0 bridgehead atoms. The van der Waals surface area contributed by atoms with E-state index in [1.54, 1.807) is 6.08 Å². The Morgan fingerprint density at radius 1 is 0.361 bits per heavy atom. The van der Waals surface area contributed by atoms with Gasteiger partial charge in [0.05, 0.1) is 32.0 Å². The first kappa shape index (κ1) is 91.8. The highest BCUT2D eigenvalue weighted by atomic mass is 16.7. The normalized spacial score (nSPS) is 22.1. The van der Waals surface area contributed by atoms with Crippen LogP contribution in [0.25, 0.3) is 0 Å². The average Bonchev–Trinajstić information content (AvgIpc) is 0.794. The summed E-state index contributed by atoms with van der Waals surface area (Å²) in [4.78, 5) is 13.4. The summed E-state index contributed by atoms with van der Waals surface area (Å²) in [5.74, 6) is -0.228. The molecule has 2 rings (SSSR count). The fourth-order valence-electron chi connectivity index (χ4n) is 14.5. The van der Waals surface area contributed by atoms with E-state index in [0.717, 1.165) is 44.9 Å². The van der Waals surface area contributed by atoms with Gasteiger partial charge in [0.2, 0.25) is 5.91 Å². The van der Waals surface area contributed by atoms with Crippen LogP contribution < -0.4 is 5.32 Å². The summed E-state index contributed by atoms with van der Waals surface area (Å²) in [6.45, 7) is 2.88. The molecule has 2 aliphatic heterocycles. The molecule has 0 aromatic heterocycles. The zero-order valence-electron chi connectivity index (χ0n) is 63.4. The lowest BCUT2D eigenvalue weighted by Gasteiger charge is -2.46. The lowest BCUT2D eigenvalue weighted by molar-refractivity contribution is -0.359. The Bertz CT molecular complexity index is 1680. The van der Waals surface area contributed by atoms with Gasteiger partial charge in [-0.15, -0.1) is 0 Å². The van der Waals surface area contributed by atoms with E-state index in [1.807, 2.05) is 6.08 Å². The van der Waals surface area contributed by atoms with Crippen molar-refractivity contribution >= 4 is 5.91 Å². The predicted octanol–water partition coefficient (Wildman–Crippen LogP) is 19.6. The molecule has 2 heterocycles. The summed E-state index contributed by atoms with van der Waals surface area (Å²) in [5.41, 5.74) is 0. The fraction of sp³-hybridized carbons (Fsp3) is 0.964. The molecular formula is C83H161NO13. The van der Waals surface area contributed by atoms with Crippen LogP contribution in [0.15, 0.2) is 12.2 Å². The number of carbonyl (C=O) groups excluding carboxylic acids is 1. The first-order chi connectivity index (χ1) is 47.6. The molecule has 0 saturated carbocycles. The Kier molecular flexibility index (Phi) is 64.2. The second kappa shape index (κ2) is 67.9. The van der Waals surface area contributed by atoms with Crippen molar-refractivity contribution in [2.24, 2.45) is 0 Å². The summed E-state index contributed by atoms with van der Waals surface area (Å²) >= 11 is 0. The molecule has 1 amide bonds. The molecule has 12 unspecified atom stereocenters. The standard InChI is InChI=1S/C83H161NO13/c1-3-5-7-9-11-13-15-17-19-21-23-25-27-29-30-31-32-33-34-35-36-37-38-39-40-41-43-45-47-49-51-53-55-57-59-61-63-65-67-75(88)84-71(70-94-82-80(93)78(91)81(74(69-86)96-82)97-83-79(92)77(90)76(89)73(68-85)95-83)72(87)66-64-62-60-58-56-54-52-50-48-46-44-42-28-26-24-22-20-18-16-14-12-10-8-6-4-2/h64,66,71-74,76-83,85-87,89-93H,3-63,65,67-70H2,1-2H3,(H,84,88)/b66-64+. The van der Waals surface area contributed by atoms with Crippen LogP contribution in [0.1, 0.15) is 418 Å². The molecular weight excluding hydrogens is 1220 g/mol. The third-order valence-electron chi connectivity index (χ3n) is 21.2. The van der Waals surface area contributed by atoms with Crippen LogP contribution in [0, 0.1) is 0 Å². The quantitative estimate of drug-likeness (QED) is 0.0204. The van der Waals surface area contributed by atoms with E-state index >= 15 is 0 Å². The maximum absolute atomic E-state index is 13.4. The SMILES string of the molecule is CCCCCCCCCCCCCCCCCCCCCCCCC/C=C/C(O)C(COC1OC(CO)C(OC2OC(CO)C(O)C(O)C2O)C(O)C1O)NC(=O)CCCCCCCCCCCCCCCCCCCCCCCCCCCCCCCCCCCCCCCC. The molecule has 576 valence electrons. The minimum atomic E-state index is -1.79. The largest absolute Gasteiger partial charge is 0.394 e. The van der Waals surface area contributed by atoms with E-state index in [-0.39, 0.29) is 18.9 Å². The van der Waals surface area contributed by atoms with E-state index in [0.29, 0.717) is 0 Å². The first-order valence-electron chi connectivity index (χ1n) is 42.4. The van der Waals surface area contributed by atoms with Gasteiger partial charge in [-0.1, -0.05) is 405 Å². The zero-order chi connectivity index (χ0) is 70.1. The smallest absolute Gasteiger partial charge is 0.220 e. The van der Waals surface area contributed by atoms with Gasteiger partial charge in [0.25, 0.3) is 0 Å². The molecule has 2 aliphatic rings. The molecule has 12 atom stereocenters. The summed E-state index contributed by atoms with van der Waals surface area (Å²) < 4.78 is 22.9. The van der Waals surface area contributed by atoms with Crippen LogP contribution in [0.5, 0.6) is 0 Å². The Balaban J connectivity index is 1.56. The van der Waals surface area contributed by atoms with Crippen LogP contribution in [-0.2, 0) is 23.7 Å². The number of aliphatic hydroxyl groups excluding tert-OH is 8. The highest BCUT2D eigenvalue weighted by Crippen LogP contribution is 2.31. The Morgan fingerprint density at radius 2 is 0.639 bits per heavy atom.